The van der Waals surface area contributed by atoms with Crippen LogP contribution in [0.1, 0.15) is 0 Å². The van der Waals surface area contributed by atoms with Gasteiger partial charge in [-0.15, -0.1) is 0 Å². The van der Waals surface area contributed by atoms with Gasteiger partial charge < -0.3 is 9.47 Å². The first-order valence-corrected chi connectivity index (χ1v) is 7.82. The summed E-state index contributed by atoms with van der Waals surface area (Å²) in [5.74, 6) is 1.33. The number of ether oxygens (including phenoxy) is 2. The quantitative estimate of drug-likeness (QED) is 0.448. The van der Waals surface area contributed by atoms with Crippen LogP contribution in [0.3, 0.4) is 0 Å². The lowest BCUT2D eigenvalue weighted by Gasteiger charge is -2.13. The van der Waals surface area contributed by atoms with Crippen molar-refractivity contribution >= 4 is 43.1 Å². The van der Waals surface area contributed by atoms with Crippen LogP contribution < -0.4 is 14.9 Å². The van der Waals surface area contributed by atoms with Gasteiger partial charge >= 0.3 is 0 Å². The Labute approximate surface area is 137 Å². The Morgan fingerprint density at radius 1 is 0.708 bits per heavy atom. The highest BCUT2D eigenvalue weighted by molar-refractivity contribution is 6.31. The molecule has 0 spiro atoms. The Morgan fingerprint density at radius 3 is 2.33 bits per heavy atom. The van der Waals surface area contributed by atoms with Gasteiger partial charge in [-0.25, -0.2) is 0 Å². The van der Waals surface area contributed by atoms with Crippen LogP contribution in [0.15, 0.2) is 53.3 Å². The fourth-order valence-corrected chi connectivity index (χ4v) is 3.94. The third kappa shape index (κ3) is 1.44. The molecule has 116 valence electrons. The Kier molecular flexibility index (Phi) is 2.50. The van der Waals surface area contributed by atoms with E-state index in [0.717, 1.165) is 43.1 Å². The molecular weight excluding hydrogens is 300 g/mol. The molecular formula is C21H14O3. The predicted molar refractivity (Wildman–Crippen MR) is 98.2 cm³/mol. The molecule has 0 amide bonds. The van der Waals surface area contributed by atoms with Gasteiger partial charge in [-0.2, -0.15) is 0 Å². The molecule has 0 aromatic heterocycles. The van der Waals surface area contributed by atoms with Gasteiger partial charge in [0.15, 0.2) is 16.9 Å². The van der Waals surface area contributed by atoms with E-state index in [4.69, 9.17) is 9.47 Å². The van der Waals surface area contributed by atoms with Crippen molar-refractivity contribution in [3.8, 4) is 11.5 Å². The van der Waals surface area contributed by atoms with E-state index >= 15 is 0 Å². The molecule has 0 radical (unpaired) electrons. The lowest BCUT2D eigenvalue weighted by atomic mass is 9.96. The zero-order chi connectivity index (χ0) is 16.4. The molecule has 0 saturated carbocycles. The number of rotatable bonds is 2. The first-order valence-electron chi connectivity index (χ1n) is 7.82. The molecule has 24 heavy (non-hydrogen) atoms. The van der Waals surface area contributed by atoms with Crippen molar-refractivity contribution in [3.05, 3.63) is 58.8 Å². The lowest BCUT2D eigenvalue weighted by molar-refractivity contribution is 0.358. The van der Waals surface area contributed by atoms with Gasteiger partial charge in [0.05, 0.1) is 14.2 Å². The lowest BCUT2D eigenvalue weighted by Crippen LogP contribution is -1.95. The zero-order valence-corrected chi connectivity index (χ0v) is 13.3. The van der Waals surface area contributed by atoms with Crippen LogP contribution in [0.25, 0.3) is 43.1 Å². The fraction of sp³-hybridized carbons (Fsp3) is 0.0952. The van der Waals surface area contributed by atoms with Crippen molar-refractivity contribution in [2.45, 2.75) is 0 Å². The Morgan fingerprint density at radius 2 is 1.54 bits per heavy atom. The highest BCUT2D eigenvalue weighted by atomic mass is 16.5. The second-order valence-electron chi connectivity index (χ2n) is 6.04. The van der Waals surface area contributed by atoms with Crippen molar-refractivity contribution in [1.82, 2.24) is 0 Å². The first kappa shape index (κ1) is 13.4. The van der Waals surface area contributed by atoms with E-state index in [1.54, 1.807) is 14.2 Å². The molecule has 0 aliphatic carbocycles. The maximum absolute atomic E-state index is 12.9. The summed E-state index contributed by atoms with van der Waals surface area (Å²) in [5, 5.41) is 7.79. The summed E-state index contributed by atoms with van der Waals surface area (Å²) in [6.45, 7) is 0. The van der Waals surface area contributed by atoms with Crippen molar-refractivity contribution in [2.24, 2.45) is 0 Å². The van der Waals surface area contributed by atoms with Crippen LogP contribution in [0.5, 0.6) is 11.5 Å². The molecule has 5 aromatic rings. The van der Waals surface area contributed by atoms with Crippen molar-refractivity contribution < 1.29 is 9.47 Å². The second kappa shape index (κ2) is 4.48. The zero-order valence-electron chi connectivity index (χ0n) is 13.3. The Bertz CT molecular complexity index is 1290. The molecule has 0 bridgehead atoms. The van der Waals surface area contributed by atoms with Crippen molar-refractivity contribution in [1.29, 1.82) is 0 Å². The highest BCUT2D eigenvalue weighted by Crippen LogP contribution is 2.43. The molecule has 3 heteroatoms. The highest BCUT2D eigenvalue weighted by Gasteiger charge is 2.19. The molecule has 0 atom stereocenters. The fourth-order valence-electron chi connectivity index (χ4n) is 3.94. The molecule has 0 N–H and O–H groups in total. The normalized spacial score (nSPS) is 11.9. The van der Waals surface area contributed by atoms with E-state index in [1.807, 2.05) is 30.3 Å². The second-order valence-corrected chi connectivity index (χ2v) is 6.04. The average molecular weight is 314 g/mol. The van der Waals surface area contributed by atoms with Crippen LogP contribution in [-0.2, 0) is 0 Å². The van der Waals surface area contributed by atoms with E-state index in [1.165, 1.54) is 0 Å². The van der Waals surface area contributed by atoms with E-state index in [2.05, 4.69) is 18.2 Å². The first-order chi connectivity index (χ1) is 11.7. The Hall–Kier alpha value is -3.07. The van der Waals surface area contributed by atoms with Crippen LogP contribution in [0.4, 0.5) is 0 Å². The number of hydrogen-bond acceptors (Lipinski definition) is 3. The number of benzene rings is 4. The van der Waals surface area contributed by atoms with Gasteiger partial charge in [0.25, 0.3) is 0 Å². The third-order valence-electron chi connectivity index (χ3n) is 4.97. The summed E-state index contributed by atoms with van der Waals surface area (Å²) in [5.41, 5.74) is 0.0820. The summed E-state index contributed by atoms with van der Waals surface area (Å²) >= 11 is 0. The SMILES string of the molecule is COc1ccc2c(cc3c(=O)c4cccc5ccc2c3c54)c1OC. The monoisotopic (exact) mass is 314 g/mol. The van der Waals surface area contributed by atoms with Gasteiger partial charge in [0, 0.05) is 26.9 Å². The average Bonchev–Trinajstić information content (AvgIpc) is 2.92. The van der Waals surface area contributed by atoms with E-state index in [0.29, 0.717) is 11.5 Å². The predicted octanol–water partition coefficient (Wildman–Crippen LogP) is 4.55. The summed E-state index contributed by atoms with van der Waals surface area (Å²) in [7, 11) is 3.24. The standard InChI is InChI=1S/C21H14O3/c1-23-17-9-8-12-13-7-6-11-4-3-5-14-18(11)19(13)16(20(14)22)10-15(12)21(17)24-2/h3-10H,1-2H3. The molecule has 0 unspecified atom stereocenters. The van der Waals surface area contributed by atoms with Gasteiger partial charge in [0.2, 0.25) is 0 Å². The molecule has 5 rings (SSSR count). The molecule has 0 saturated heterocycles. The van der Waals surface area contributed by atoms with Crippen LogP contribution in [-0.4, -0.2) is 14.2 Å². The van der Waals surface area contributed by atoms with Gasteiger partial charge in [0.1, 0.15) is 0 Å². The summed E-state index contributed by atoms with van der Waals surface area (Å²) < 4.78 is 11.0. The van der Waals surface area contributed by atoms with E-state index in [9.17, 15) is 4.79 Å². The number of hydrogen-bond donors (Lipinski definition) is 0. The third-order valence-corrected chi connectivity index (χ3v) is 4.97. The summed E-state index contributed by atoms with van der Waals surface area (Å²) in [4.78, 5) is 12.9. The number of fused-ring (bicyclic) bond motifs is 2. The largest absolute Gasteiger partial charge is 0.493 e. The van der Waals surface area contributed by atoms with E-state index < -0.39 is 0 Å². The minimum atomic E-state index is 0.0820. The van der Waals surface area contributed by atoms with Gasteiger partial charge in [-0.1, -0.05) is 30.3 Å². The molecule has 0 aliphatic heterocycles. The molecule has 3 nitrogen and oxygen atoms in total. The minimum absolute atomic E-state index is 0.0820. The summed E-state index contributed by atoms with van der Waals surface area (Å²) in [6, 6.07) is 16.0. The van der Waals surface area contributed by atoms with Crippen molar-refractivity contribution in [3.63, 3.8) is 0 Å². The summed E-state index contributed by atoms with van der Waals surface area (Å²) in [6.07, 6.45) is 0. The van der Waals surface area contributed by atoms with Crippen LogP contribution in [0.2, 0.25) is 0 Å². The molecule has 5 aromatic carbocycles. The smallest absolute Gasteiger partial charge is 0.194 e. The van der Waals surface area contributed by atoms with Crippen molar-refractivity contribution in [2.75, 3.05) is 14.2 Å². The Balaban J connectivity index is 2.15. The maximum atomic E-state index is 12.9. The molecule has 0 fully saturated rings. The van der Waals surface area contributed by atoms with Gasteiger partial charge in [-0.05, 0) is 34.4 Å². The maximum Gasteiger partial charge on any atom is 0.194 e. The van der Waals surface area contributed by atoms with Crippen LogP contribution >= 0.6 is 0 Å². The van der Waals surface area contributed by atoms with E-state index in [-0.39, 0.29) is 5.43 Å². The van der Waals surface area contributed by atoms with Crippen LogP contribution in [0, 0.1) is 0 Å². The topological polar surface area (TPSA) is 35.5 Å². The molecule has 0 aliphatic rings. The number of methoxy groups -OCH3 is 2. The van der Waals surface area contributed by atoms with Gasteiger partial charge in [-0.3, -0.25) is 4.79 Å². The minimum Gasteiger partial charge on any atom is -0.493 e. The molecule has 0 heterocycles.